The molecule has 6 nitrogen and oxygen atoms in total. The van der Waals surface area contributed by atoms with Crippen LogP contribution in [0.4, 0.5) is 4.39 Å². The zero-order valence-corrected chi connectivity index (χ0v) is 11.0. The highest BCUT2D eigenvalue weighted by Gasteiger charge is 2.14. The molecule has 2 aromatic rings. The zero-order chi connectivity index (χ0) is 14.7. The highest BCUT2D eigenvalue weighted by molar-refractivity contribution is 5.96. The summed E-state index contributed by atoms with van der Waals surface area (Å²) in [5.41, 5.74) is 0.767. The number of halogens is 1. The number of carbonyl (C=O) groups is 2. The molecule has 0 unspecified atom stereocenters. The van der Waals surface area contributed by atoms with Crippen molar-refractivity contribution in [3.05, 3.63) is 47.3 Å². The Balaban J connectivity index is 2.13. The lowest BCUT2D eigenvalue weighted by molar-refractivity contribution is 0.0585. The summed E-state index contributed by atoms with van der Waals surface area (Å²) in [6.45, 7) is 1.49. The highest BCUT2D eigenvalue weighted by Crippen LogP contribution is 2.10. The number of hydrogen-bond acceptors (Lipinski definition) is 5. The fourth-order valence-corrected chi connectivity index (χ4v) is 1.61. The van der Waals surface area contributed by atoms with Gasteiger partial charge in [0.2, 0.25) is 0 Å². The fraction of sp³-hybridized carbons (Fsp3) is 0.231. The van der Waals surface area contributed by atoms with E-state index in [1.165, 1.54) is 36.3 Å². The maximum absolute atomic E-state index is 13.1. The number of Topliss-reactive ketones (excluding diaryl/α,β-unsaturated/α-hetero) is 1. The van der Waals surface area contributed by atoms with Crippen LogP contribution in [-0.4, -0.2) is 33.6 Å². The molecule has 0 radical (unpaired) electrons. The lowest BCUT2D eigenvalue weighted by Gasteiger charge is -2.03. The van der Waals surface area contributed by atoms with Gasteiger partial charge in [-0.3, -0.25) is 4.79 Å². The molecule has 0 atom stereocenters. The summed E-state index contributed by atoms with van der Waals surface area (Å²) in [7, 11) is 1.22. The number of ether oxygens (including phenoxy) is 1. The Bertz CT molecular complexity index is 667. The van der Waals surface area contributed by atoms with E-state index in [2.05, 4.69) is 14.8 Å². The number of benzene rings is 1. The molecule has 7 heteroatoms. The number of hydrogen-bond donors (Lipinski definition) is 0. The predicted octanol–water partition coefficient (Wildman–Crippen LogP) is 1.40. The largest absolute Gasteiger partial charge is 0.463 e. The van der Waals surface area contributed by atoms with E-state index in [0.717, 1.165) is 0 Å². The van der Waals surface area contributed by atoms with E-state index < -0.39 is 5.97 Å². The number of rotatable bonds is 4. The summed E-state index contributed by atoms with van der Waals surface area (Å²) >= 11 is 0. The second-order valence-electron chi connectivity index (χ2n) is 4.14. The van der Waals surface area contributed by atoms with Crippen molar-refractivity contribution < 1.29 is 18.7 Å². The van der Waals surface area contributed by atoms with E-state index in [-0.39, 0.29) is 24.0 Å². The van der Waals surface area contributed by atoms with Crippen molar-refractivity contribution in [2.24, 2.45) is 0 Å². The number of methoxy groups -OCH3 is 1. The predicted molar refractivity (Wildman–Crippen MR) is 66.8 cm³/mol. The van der Waals surface area contributed by atoms with Crippen LogP contribution in [0.1, 0.15) is 26.5 Å². The first kappa shape index (κ1) is 13.9. The Morgan fingerprint density at radius 1 is 1.40 bits per heavy atom. The second kappa shape index (κ2) is 5.60. The maximum Gasteiger partial charge on any atom is 0.377 e. The maximum atomic E-state index is 13.1. The van der Waals surface area contributed by atoms with Crippen LogP contribution in [-0.2, 0) is 11.3 Å². The van der Waals surface area contributed by atoms with Gasteiger partial charge in [0, 0.05) is 5.56 Å². The van der Waals surface area contributed by atoms with Gasteiger partial charge in [-0.05, 0) is 30.7 Å². The van der Waals surface area contributed by atoms with Crippen LogP contribution in [0, 0.1) is 12.7 Å². The van der Waals surface area contributed by atoms with E-state index in [1.807, 2.05) is 0 Å². The smallest absolute Gasteiger partial charge is 0.377 e. The number of nitrogens with zero attached hydrogens (tertiary/aromatic N) is 3. The van der Waals surface area contributed by atoms with Gasteiger partial charge in [-0.25, -0.2) is 18.9 Å². The van der Waals surface area contributed by atoms with Crippen LogP contribution in [0.2, 0.25) is 0 Å². The molecule has 0 saturated heterocycles. The molecule has 0 N–H and O–H groups in total. The summed E-state index contributed by atoms with van der Waals surface area (Å²) < 4.78 is 18.8. The van der Waals surface area contributed by atoms with Crippen molar-refractivity contribution in [3.63, 3.8) is 0 Å². The summed E-state index contributed by atoms with van der Waals surface area (Å²) in [5.74, 6) is -1.41. The third kappa shape index (κ3) is 2.87. The van der Waals surface area contributed by atoms with Crippen molar-refractivity contribution in [1.82, 2.24) is 14.8 Å². The van der Waals surface area contributed by atoms with E-state index >= 15 is 0 Å². The molecule has 1 aromatic heterocycles. The minimum atomic E-state index is -0.672. The average molecular weight is 277 g/mol. The molecule has 0 aliphatic rings. The number of aromatic nitrogens is 3. The molecule has 0 saturated carbocycles. The third-order valence-electron chi connectivity index (χ3n) is 2.69. The summed E-state index contributed by atoms with van der Waals surface area (Å²) in [5, 5.41) is 3.82. The normalized spacial score (nSPS) is 10.3. The monoisotopic (exact) mass is 277 g/mol. The summed E-state index contributed by atoms with van der Waals surface area (Å²) in [6, 6.07) is 4.11. The van der Waals surface area contributed by atoms with Crippen LogP contribution in [0.15, 0.2) is 24.5 Å². The van der Waals surface area contributed by atoms with Gasteiger partial charge in [0.25, 0.3) is 5.82 Å². The molecule has 0 aliphatic carbocycles. The molecule has 0 spiro atoms. The third-order valence-corrected chi connectivity index (χ3v) is 2.69. The molecule has 0 fully saturated rings. The van der Waals surface area contributed by atoms with Crippen LogP contribution in [0.25, 0.3) is 0 Å². The topological polar surface area (TPSA) is 74.1 Å². The summed E-state index contributed by atoms with van der Waals surface area (Å²) in [6.07, 6.45) is 1.26. The van der Waals surface area contributed by atoms with Crippen molar-refractivity contribution >= 4 is 11.8 Å². The van der Waals surface area contributed by atoms with Gasteiger partial charge < -0.3 is 4.74 Å². The lowest BCUT2D eigenvalue weighted by atomic mass is 10.1. The van der Waals surface area contributed by atoms with Gasteiger partial charge in [-0.1, -0.05) is 0 Å². The van der Waals surface area contributed by atoms with E-state index in [4.69, 9.17) is 0 Å². The Morgan fingerprint density at radius 3 is 2.80 bits per heavy atom. The number of carbonyl (C=O) groups excluding carboxylic acids is 2. The molecule has 20 heavy (non-hydrogen) atoms. The van der Waals surface area contributed by atoms with E-state index in [1.54, 1.807) is 6.92 Å². The minimum Gasteiger partial charge on any atom is -0.463 e. The zero-order valence-electron chi connectivity index (χ0n) is 11.0. The number of ketones is 1. The van der Waals surface area contributed by atoms with Crippen molar-refractivity contribution in [3.8, 4) is 0 Å². The van der Waals surface area contributed by atoms with E-state index in [9.17, 15) is 14.0 Å². The first-order chi connectivity index (χ1) is 9.51. The summed E-state index contributed by atoms with van der Waals surface area (Å²) in [4.78, 5) is 26.9. The van der Waals surface area contributed by atoms with Gasteiger partial charge >= 0.3 is 5.97 Å². The average Bonchev–Trinajstić information content (AvgIpc) is 2.89. The molecule has 0 amide bonds. The standard InChI is InChI=1S/C13H12FN3O3/c1-8-5-9(3-4-10(8)14)11(18)6-17-7-15-12(16-17)13(19)20-2/h3-5,7H,6H2,1-2H3. The first-order valence-corrected chi connectivity index (χ1v) is 5.78. The van der Waals surface area contributed by atoms with E-state index in [0.29, 0.717) is 11.1 Å². The van der Waals surface area contributed by atoms with Crippen LogP contribution < -0.4 is 0 Å². The molecular weight excluding hydrogens is 265 g/mol. The number of esters is 1. The van der Waals surface area contributed by atoms with Crippen LogP contribution >= 0.6 is 0 Å². The van der Waals surface area contributed by atoms with Crippen molar-refractivity contribution in [1.29, 1.82) is 0 Å². The molecule has 104 valence electrons. The molecule has 0 aliphatic heterocycles. The SMILES string of the molecule is COC(=O)c1ncn(CC(=O)c2ccc(F)c(C)c2)n1. The second-order valence-corrected chi connectivity index (χ2v) is 4.14. The van der Waals surface area contributed by atoms with Gasteiger partial charge in [0.05, 0.1) is 7.11 Å². The van der Waals surface area contributed by atoms with Gasteiger partial charge in [0.1, 0.15) is 18.7 Å². The quantitative estimate of drug-likeness (QED) is 0.623. The van der Waals surface area contributed by atoms with Gasteiger partial charge in [-0.15, -0.1) is 5.10 Å². The Kier molecular flexibility index (Phi) is 3.88. The fourth-order valence-electron chi connectivity index (χ4n) is 1.61. The highest BCUT2D eigenvalue weighted by atomic mass is 19.1. The van der Waals surface area contributed by atoms with Gasteiger partial charge in [-0.2, -0.15) is 0 Å². The van der Waals surface area contributed by atoms with Crippen LogP contribution in [0.3, 0.4) is 0 Å². The Hall–Kier alpha value is -2.57. The van der Waals surface area contributed by atoms with Crippen molar-refractivity contribution in [2.75, 3.05) is 7.11 Å². The first-order valence-electron chi connectivity index (χ1n) is 5.78. The van der Waals surface area contributed by atoms with Crippen LogP contribution in [0.5, 0.6) is 0 Å². The molecular formula is C13H12FN3O3. The van der Waals surface area contributed by atoms with Gasteiger partial charge in [0.15, 0.2) is 5.78 Å². The Morgan fingerprint density at radius 2 is 2.15 bits per heavy atom. The number of aryl methyl sites for hydroxylation is 1. The molecule has 0 bridgehead atoms. The molecule has 2 rings (SSSR count). The molecule has 1 heterocycles. The molecule has 1 aromatic carbocycles. The lowest BCUT2D eigenvalue weighted by Crippen LogP contribution is -2.12. The minimum absolute atomic E-state index is 0.0882. The Labute approximate surface area is 114 Å². The van der Waals surface area contributed by atoms with Crippen molar-refractivity contribution in [2.45, 2.75) is 13.5 Å².